The first-order valence-electron chi connectivity index (χ1n) is 9.00. The lowest BCUT2D eigenvalue weighted by Gasteiger charge is -2.19. The zero-order chi connectivity index (χ0) is 17.4. The molecule has 0 atom stereocenters. The summed E-state index contributed by atoms with van der Waals surface area (Å²) in [5.41, 5.74) is 4.48. The summed E-state index contributed by atoms with van der Waals surface area (Å²) in [5, 5.41) is 2.49. The van der Waals surface area contributed by atoms with Crippen molar-refractivity contribution in [3.8, 4) is 0 Å². The number of rotatable bonds is 3. The van der Waals surface area contributed by atoms with E-state index in [-0.39, 0.29) is 5.41 Å². The van der Waals surface area contributed by atoms with Gasteiger partial charge in [-0.1, -0.05) is 45.0 Å². The van der Waals surface area contributed by atoms with Crippen molar-refractivity contribution >= 4 is 33.3 Å². The Morgan fingerprint density at radius 3 is 2.56 bits per heavy atom. The van der Waals surface area contributed by atoms with Crippen molar-refractivity contribution in [2.24, 2.45) is 0 Å². The molecule has 25 heavy (non-hydrogen) atoms. The van der Waals surface area contributed by atoms with Crippen LogP contribution in [0, 0.1) is 0 Å². The highest BCUT2D eigenvalue weighted by Crippen LogP contribution is 2.39. The molecule has 0 N–H and O–H groups in total. The maximum atomic E-state index is 4.62. The molecule has 0 bridgehead atoms. The molecule has 0 saturated heterocycles. The van der Waals surface area contributed by atoms with E-state index in [2.05, 4.69) is 55.0 Å². The maximum Gasteiger partial charge on any atom is 0.128 e. The second kappa shape index (κ2) is 6.73. The largest absolute Gasteiger partial charge is 0.229 e. The van der Waals surface area contributed by atoms with Gasteiger partial charge in [0.1, 0.15) is 16.2 Å². The molecule has 1 aliphatic rings. The van der Waals surface area contributed by atoms with Gasteiger partial charge >= 0.3 is 0 Å². The number of aromatic nitrogens is 2. The highest BCUT2D eigenvalue weighted by Gasteiger charge is 2.20. The van der Waals surface area contributed by atoms with Crippen LogP contribution in [0.3, 0.4) is 0 Å². The van der Waals surface area contributed by atoms with Crippen LogP contribution in [0.25, 0.3) is 10.2 Å². The van der Waals surface area contributed by atoms with E-state index in [1.165, 1.54) is 57.5 Å². The lowest BCUT2D eigenvalue weighted by Crippen LogP contribution is -2.10. The molecule has 0 amide bonds. The fourth-order valence-corrected chi connectivity index (χ4v) is 5.70. The summed E-state index contributed by atoms with van der Waals surface area (Å²) in [6.07, 6.45) is 6.75. The Morgan fingerprint density at radius 2 is 1.80 bits per heavy atom. The molecule has 0 radical (unpaired) electrons. The topological polar surface area (TPSA) is 25.8 Å². The van der Waals surface area contributed by atoms with Gasteiger partial charge in [0.15, 0.2) is 0 Å². The number of thiophene rings is 1. The summed E-state index contributed by atoms with van der Waals surface area (Å²) in [4.78, 5) is 11.9. The number of hydrogen-bond donors (Lipinski definition) is 0. The molecule has 2 aromatic heterocycles. The summed E-state index contributed by atoms with van der Waals surface area (Å²) < 4.78 is 0. The van der Waals surface area contributed by atoms with Gasteiger partial charge in [-0.25, -0.2) is 9.97 Å². The van der Waals surface area contributed by atoms with E-state index in [1.54, 1.807) is 6.33 Å². The van der Waals surface area contributed by atoms with Gasteiger partial charge in [0.25, 0.3) is 0 Å². The van der Waals surface area contributed by atoms with E-state index >= 15 is 0 Å². The van der Waals surface area contributed by atoms with Crippen molar-refractivity contribution in [2.45, 2.75) is 62.6 Å². The molecule has 2 heterocycles. The SMILES string of the molecule is CC(C)(C)c1ccc(CSc2ncnc3sc4c(c23)CCCC4)cc1. The number of benzene rings is 1. The first-order valence-corrected chi connectivity index (χ1v) is 10.8. The predicted octanol–water partition coefficient (Wildman–Crippen LogP) is 6.16. The van der Waals surface area contributed by atoms with Crippen molar-refractivity contribution in [1.82, 2.24) is 9.97 Å². The van der Waals surface area contributed by atoms with Crippen LogP contribution in [-0.4, -0.2) is 9.97 Å². The van der Waals surface area contributed by atoms with E-state index in [0.717, 1.165) is 10.8 Å². The van der Waals surface area contributed by atoms with Gasteiger partial charge < -0.3 is 0 Å². The normalized spacial score (nSPS) is 14.7. The van der Waals surface area contributed by atoms with E-state index in [4.69, 9.17) is 0 Å². The van der Waals surface area contributed by atoms with Crippen LogP contribution < -0.4 is 0 Å². The fraction of sp³-hybridized carbons (Fsp3) is 0.429. The Bertz CT molecular complexity index is 889. The van der Waals surface area contributed by atoms with E-state index in [9.17, 15) is 0 Å². The van der Waals surface area contributed by atoms with Gasteiger partial charge in [-0.05, 0) is 47.8 Å². The standard InChI is InChI=1S/C21H24N2S2/c1-21(2,3)15-10-8-14(9-11-15)12-24-19-18-16-6-4-5-7-17(16)25-20(18)23-13-22-19/h8-11,13H,4-7,12H2,1-3H3. The highest BCUT2D eigenvalue weighted by atomic mass is 32.2. The minimum Gasteiger partial charge on any atom is -0.229 e. The summed E-state index contributed by atoms with van der Waals surface area (Å²) in [5.74, 6) is 0.959. The molecule has 0 aliphatic heterocycles. The molecule has 0 unspecified atom stereocenters. The number of fused-ring (bicyclic) bond motifs is 3. The van der Waals surface area contributed by atoms with Gasteiger partial charge in [0.05, 0.1) is 0 Å². The van der Waals surface area contributed by atoms with Crippen LogP contribution in [-0.2, 0) is 24.0 Å². The number of aryl methyl sites for hydroxylation is 2. The Balaban J connectivity index is 1.58. The molecule has 4 heteroatoms. The van der Waals surface area contributed by atoms with Crippen LogP contribution in [0.15, 0.2) is 35.6 Å². The van der Waals surface area contributed by atoms with Gasteiger partial charge in [0.2, 0.25) is 0 Å². The zero-order valence-electron chi connectivity index (χ0n) is 15.1. The van der Waals surface area contributed by atoms with Crippen molar-refractivity contribution in [3.05, 3.63) is 52.2 Å². The van der Waals surface area contributed by atoms with Crippen LogP contribution >= 0.6 is 23.1 Å². The maximum absolute atomic E-state index is 4.62. The molecule has 0 spiro atoms. The second-order valence-corrected chi connectivity index (χ2v) is 9.85. The summed E-state index contributed by atoms with van der Waals surface area (Å²) in [7, 11) is 0. The molecule has 2 nitrogen and oxygen atoms in total. The molecule has 0 saturated carbocycles. The Hall–Kier alpha value is -1.39. The van der Waals surface area contributed by atoms with Gasteiger partial charge in [-0.2, -0.15) is 0 Å². The van der Waals surface area contributed by atoms with Gasteiger partial charge in [-0.3, -0.25) is 0 Å². The molecule has 3 aromatic rings. The van der Waals surface area contributed by atoms with Gasteiger partial charge in [0, 0.05) is 16.0 Å². The van der Waals surface area contributed by atoms with Crippen molar-refractivity contribution in [2.75, 3.05) is 0 Å². The molecule has 1 aromatic carbocycles. The Kier molecular flexibility index (Phi) is 4.59. The third-order valence-corrected chi connectivity index (χ3v) is 7.17. The van der Waals surface area contributed by atoms with E-state index < -0.39 is 0 Å². The summed E-state index contributed by atoms with van der Waals surface area (Å²) >= 11 is 3.73. The average Bonchev–Trinajstić information content (AvgIpc) is 2.98. The quantitative estimate of drug-likeness (QED) is 0.409. The average molecular weight is 369 g/mol. The lowest BCUT2D eigenvalue weighted by atomic mass is 9.87. The molecular weight excluding hydrogens is 344 g/mol. The number of nitrogens with zero attached hydrogens (tertiary/aromatic N) is 2. The smallest absolute Gasteiger partial charge is 0.128 e. The monoisotopic (exact) mass is 368 g/mol. The number of thioether (sulfide) groups is 1. The third-order valence-electron chi connectivity index (χ3n) is 4.91. The molecule has 130 valence electrons. The van der Waals surface area contributed by atoms with Crippen molar-refractivity contribution in [1.29, 1.82) is 0 Å². The highest BCUT2D eigenvalue weighted by molar-refractivity contribution is 7.98. The minimum atomic E-state index is 0.209. The summed E-state index contributed by atoms with van der Waals surface area (Å²) in [6.45, 7) is 6.77. The molecular formula is C21H24N2S2. The predicted molar refractivity (Wildman–Crippen MR) is 109 cm³/mol. The third kappa shape index (κ3) is 3.47. The van der Waals surface area contributed by atoms with Crippen molar-refractivity contribution < 1.29 is 0 Å². The molecule has 0 fully saturated rings. The fourth-order valence-electron chi connectivity index (χ4n) is 3.42. The molecule has 1 aliphatic carbocycles. The van der Waals surface area contributed by atoms with Crippen LogP contribution in [0.4, 0.5) is 0 Å². The summed E-state index contributed by atoms with van der Waals surface area (Å²) in [6, 6.07) is 9.04. The second-order valence-electron chi connectivity index (χ2n) is 7.81. The molecule has 4 rings (SSSR count). The van der Waals surface area contributed by atoms with E-state index in [0.29, 0.717) is 0 Å². The first-order chi connectivity index (χ1) is 12.0. The zero-order valence-corrected chi connectivity index (χ0v) is 16.8. The van der Waals surface area contributed by atoms with Crippen LogP contribution in [0.5, 0.6) is 0 Å². The lowest BCUT2D eigenvalue weighted by molar-refractivity contribution is 0.590. The van der Waals surface area contributed by atoms with E-state index in [1.807, 2.05) is 23.1 Å². The first kappa shape index (κ1) is 17.0. The van der Waals surface area contributed by atoms with Crippen LogP contribution in [0.2, 0.25) is 0 Å². The minimum absolute atomic E-state index is 0.209. The number of hydrogen-bond acceptors (Lipinski definition) is 4. The Labute approximate surface area is 158 Å². The van der Waals surface area contributed by atoms with Gasteiger partial charge in [-0.15, -0.1) is 23.1 Å². The van der Waals surface area contributed by atoms with Crippen LogP contribution in [0.1, 0.15) is 55.2 Å². The Morgan fingerprint density at radius 1 is 1.04 bits per heavy atom. The van der Waals surface area contributed by atoms with Crippen molar-refractivity contribution in [3.63, 3.8) is 0 Å².